The highest BCUT2D eigenvalue weighted by molar-refractivity contribution is 5.78. The number of nitrogens with zero attached hydrogens (tertiary/aromatic N) is 2. The van der Waals surface area contributed by atoms with Crippen LogP contribution in [0.4, 0.5) is 5.69 Å². The quantitative estimate of drug-likeness (QED) is 0.834. The van der Waals surface area contributed by atoms with Crippen LogP contribution < -0.4 is 15.0 Å². The summed E-state index contributed by atoms with van der Waals surface area (Å²) in [5, 5.41) is 3.14. The highest BCUT2D eigenvalue weighted by atomic mass is 16.5. The standard InChI is InChI=1S/C23H31N3O2/c1-17-8-9-20(14-18(17)2)19(3)24-23(27)16-25-10-12-26(13-11-25)21-6-5-7-22(15-21)28-4/h5-9,14-15,19H,10-13,16H2,1-4H3,(H,24,27). The Morgan fingerprint density at radius 1 is 1.07 bits per heavy atom. The largest absolute Gasteiger partial charge is 0.497 e. The second-order valence-corrected chi connectivity index (χ2v) is 7.60. The summed E-state index contributed by atoms with van der Waals surface area (Å²) in [6.07, 6.45) is 0. The maximum atomic E-state index is 12.5. The van der Waals surface area contributed by atoms with Gasteiger partial charge in [-0.3, -0.25) is 9.69 Å². The Morgan fingerprint density at radius 2 is 1.82 bits per heavy atom. The molecule has 150 valence electrons. The minimum absolute atomic E-state index is 0.0184. The number of aryl methyl sites for hydroxylation is 2. The molecule has 1 atom stereocenters. The van der Waals surface area contributed by atoms with E-state index in [1.54, 1.807) is 7.11 Å². The molecule has 0 saturated carbocycles. The van der Waals surface area contributed by atoms with Gasteiger partial charge in [0.15, 0.2) is 0 Å². The Hall–Kier alpha value is -2.53. The molecule has 0 radical (unpaired) electrons. The van der Waals surface area contributed by atoms with Crippen LogP contribution in [0.3, 0.4) is 0 Å². The van der Waals surface area contributed by atoms with Gasteiger partial charge in [-0.05, 0) is 49.6 Å². The molecular formula is C23H31N3O2. The highest BCUT2D eigenvalue weighted by Crippen LogP contribution is 2.22. The van der Waals surface area contributed by atoms with E-state index in [-0.39, 0.29) is 11.9 Å². The van der Waals surface area contributed by atoms with E-state index in [1.165, 1.54) is 16.8 Å². The third-order valence-corrected chi connectivity index (χ3v) is 5.57. The van der Waals surface area contributed by atoms with Crippen LogP contribution in [0, 0.1) is 13.8 Å². The van der Waals surface area contributed by atoms with E-state index in [1.807, 2.05) is 19.1 Å². The molecule has 5 heteroatoms. The topological polar surface area (TPSA) is 44.8 Å². The fourth-order valence-electron chi connectivity index (χ4n) is 3.58. The SMILES string of the molecule is COc1cccc(N2CCN(CC(=O)NC(C)c3ccc(C)c(C)c3)CC2)c1. The first kappa shape index (κ1) is 20.2. The number of rotatable bonds is 6. The number of carbonyl (C=O) groups excluding carboxylic acids is 1. The van der Waals surface area contributed by atoms with Crippen LogP contribution in [0.15, 0.2) is 42.5 Å². The van der Waals surface area contributed by atoms with Crippen LogP contribution in [0.1, 0.15) is 29.7 Å². The molecule has 1 heterocycles. The molecule has 1 saturated heterocycles. The smallest absolute Gasteiger partial charge is 0.234 e. The molecule has 1 aliphatic rings. The van der Waals surface area contributed by atoms with Crippen molar-refractivity contribution in [1.82, 2.24) is 10.2 Å². The van der Waals surface area contributed by atoms with Gasteiger partial charge in [-0.1, -0.05) is 24.3 Å². The number of carbonyl (C=O) groups is 1. The average molecular weight is 382 g/mol. The van der Waals surface area contributed by atoms with Gasteiger partial charge in [0, 0.05) is 37.9 Å². The van der Waals surface area contributed by atoms with Crippen molar-refractivity contribution in [3.8, 4) is 5.75 Å². The van der Waals surface area contributed by atoms with Crippen LogP contribution in [-0.2, 0) is 4.79 Å². The number of hydrogen-bond donors (Lipinski definition) is 1. The lowest BCUT2D eigenvalue weighted by Gasteiger charge is -2.36. The molecule has 0 aliphatic carbocycles. The number of ether oxygens (including phenoxy) is 1. The maximum absolute atomic E-state index is 12.5. The van der Waals surface area contributed by atoms with Crippen molar-refractivity contribution in [1.29, 1.82) is 0 Å². The first-order valence-corrected chi connectivity index (χ1v) is 9.94. The number of anilines is 1. The van der Waals surface area contributed by atoms with Gasteiger partial charge in [-0.2, -0.15) is 0 Å². The van der Waals surface area contributed by atoms with Crippen LogP contribution in [0.2, 0.25) is 0 Å². The molecule has 28 heavy (non-hydrogen) atoms. The maximum Gasteiger partial charge on any atom is 0.234 e. The number of piperazine rings is 1. The molecule has 5 nitrogen and oxygen atoms in total. The van der Waals surface area contributed by atoms with E-state index in [0.29, 0.717) is 6.54 Å². The molecule has 1 unspecified atom stereocenters. The molecule has 1 N–H and O–H groups in total. The van der Waals surface area contributed by atoms with Crippen LogP contribution in [-0.4, -0.2) is 50.6 Å². The summed E-state index contributed by atoms with van der Waals surface area (Å²) in [6.45, 7) is 10.3. The zero-order valence-corrected chi connectivity index (χ0v) is 17.4. The zero-order chi connectivity index (χ0) is 20.1. The van der Waals surface area contributed by atoms with Gasteiger partial charge in [0.25, 0.3) is 0 Å². The zero-order valence-electron chi connectivity index (χ0n) is 17.4. The van der Waals surface area contributed by atoms with Gasteiger partial charge in [-0.25, -0.2) is 0 Å². The van der Waals surface area contributed by atoms with Gasteiger partial charge in [-0.15, -0.1) is 0 Å². The predicted molar refractivity (Wildman–Crippen MR) is 114 cm³/mol. The van der Waals surface area contributed by atoms with Crippen LogP contribution in [0.5, 0.6) is 5.75 Å². The number of hydrogen-bond acceptors (Lipinski definition) is 4. The molecule has 1 aliphatic heterocycles. The summed E-state index contributed by atoms with van der Waals surface area (Å²) in [5.74, 6) is 0.959. The number of methoxy groups -OCH3 is 1. The minimum atomic E-state index is 0.0184. The third-order valence-electron chi connectivity index (χ3n) is 5.57. The first-order chi connectivity index (χ1) is 13.5. The fraction of sp³-hybridized carbons (Fsp3) is 0.435. The minimum Gasteiger partial charge on any atom is -0.497 e. The lowest BCUT2D eigenvalue weighted by Crippen LogP contribution is -2.49. The Bertz CT molecular complexity index is 813. The van der Waals surface area contributed by atoms with Gasteiger partial charge in [0.1, 0.15) is 5.75 Å². The van der Waals surface area contributed by atoms with Crippen molar-refractivity contribution >= 4 is 11.6 Å². The van der Waals surface area contributed by atoms with Crippen molar-refractivity contribution in [2.75, 3.05) is 44.7 Å². The van der Waals surface area contributed by atoms with Crippen LogP contribution in [0.25, 0.3) is 0 Å². The summed E-state index contributed by atoms with van der Waals surface area (Å²) in [6, 6.07) is 14.5. The van der Waals surface area contributed by atoms with E-state index in [0.717, 1.165) is 37.5 Å². The lowest BCUT2D eigenvalue weighted by atomic mass is 10.0. The predicted octanol–water partition coefficient (Wildman–Crippen LogP) is 3.31. The van der Waals surface area contributed by atoms with E-state index in [4.69, 9.17) is 4.74 Å². The molecule has 1 fully saturated rings. The second kappa shape index (κ2) is 9.11. The number of nitrogens with one attached hydrogen (secondary N) is 1. The van der Waals surface area contributed by atoms with Gasteiger partial charge < -0.3 is 15.0 Å². The summed E-state index contributed by atoms with van der Waals surface area (Å²) in [7, 11) is 1.69. The molecule has 2 aromatic rings. The van der Waals surface area contributed by atoms with Crippen molar-refractivity contribution in [2.45, 2.75) is 26.8 Å². The average Bonchev–Trinajstić information content (AvgIpc) is 2.70. The Balaban J connectivity index is 1.48. The number of benzene rings is 2. The van der Waals surface area contributed by atoms with Crippen molar-refractivity contribution in [3.05, 3.63) is 59.2 Å². The molecule has 2 aromatic carbocycles. The molecule has 0 spiro atoms. The lowest BCUT2D eigenvalue weighted by molar-refractivity contribution is -0.123. The Morgan fingerprint density at radius 3 is 2.50 bits per heavy atom. The van der Waals surface area contributed by atoms with Gasteiger partial charge in [0.05, 0.1) is 19.7 Å². The van der Waals surface area contributed by atoms with Crippen molar-refractivity contribution in [2.24, 2.45) is 0 Å². The number of amides is 1. The molecule has 0 aromatic heterocycles. The van der Waals surface area contributed by atoms with E-state index >= 15 is 0 Å². The monoisotopic (exact) mass is 381 g/mol. The van der Waals surface area contributed by atoms with E-state index in [2.05, 4.69) is 59.3 Å². The summed E-state index contributed by atoms with van der Waals surface area (Å²) in [4.78, 5) is 17.1. The first-order valence-electron chi connectivity index (χ1n) is 9.94. The fourth-order valence-corrected chi connectivity index (χ4v) is 3.58. The summed E-state index contributed by atoms with van der Waals surface area (Å²) >= 11 is 0. The molecule has 0 bridgehead atoms. The Labute approximate surface area is 168 Å². The molecule has 1 amide bonds. The molecule has 3 rings (SSSR count). The van der Waals surface area contributed by atoms with Crippen molar-refractivity contribution < 1.29 is 9.53 Å². The summed E-state index contributed by atoms with van der Waals surface area (Å²) < 4.78 is 5.32. The third kappa shape index (κ3) is 5.04. The summed E-state index contributed by atoms with van der Waals surface area (Å²) in [5.41, 5.74) is 4.86. The highest BCUT2D eigenvalue weighted by Gasteiger charge is 2.20. The normalized spacial score (nSPS) is 15.9. The second-order valence-electron chi connectivity index (χ2n) is 7.60. The van der Waals surface area contributed by atoms with E-state index < -0.39 is 0 Å². The van der Waals surface area contributed by atoms with Gasteiger partial charge >= 0.3 is 0 Å². The Kier molecular flexibility index (Phi) is 6.57. The van der Waals surface area contributed by atoms with Crippen LogP contribution >= 0.6 is 0 Å². The molecular weight excluding hydrogens is 350 g/mol. The van der Waals surface area contributed by atoms with E-state index in [9.17, 15) is 4.79 Å². The van der Waals surface area contributed by atoms with Gasteiger partial charge in [0.2, 0.25) is 5.91 Å². The van der Waals surface area contributed by atoms with Crippen molar-refractivity contribution in [3.63, 3.8) is 0 Å².